The van der Waals surface area contributed by atoms with Crippen LogP contribution in [-0.2, 0) is 7.05 Å². The fourth-order valence-corrected chi connectivity index (χ4v) is 4.00. The first-order chi connectivity index (χ1) is 10.6. The van der Waals surface area contributed by atoms with E-state index in [1.807, 2.05) is 49.0 Å². The second-order valence-electron chi connectivity index (χ2n) is 5.11. The van der Waals surface area contributed by atoms with Gasteiger partial charge in [-0.2, -0.15) is 0 Å². The highest BCUT2D eigenvalue weighted by Crippen LogP contribution is 2.22. The lowest BCUT2D eigenvalue weighted by molar-refractivity contribution is 0.630. The molecule has 1 N–H and O–H groups in total. The molecule has 1 aromatic carbocycles. The van der Waals surface area contributed by atoms with Crippen molar-refractivity contribution in [1.82, 2.24) is 9.36 Å². The Labute approximate surface area is 141 Å². The van der Waals surface area contributed by atoms with Crippen molar-refractivity contribution in [3.05, 3.63) is 46.4 Å². The minimum absolute atomic E-state index is 0.0585. The van der Waals surface area contributed by atoms with E-state index in [2.05, 4.69) is 26.2 Å². The van der Waals surface area contributed by atoms with E-state index in [0.717, 1.165) is 27.6 Å². The number of halogens is 1. The van der Waals surface area contributed by atoms with Crippen molar-refractivity contribution in [2.24, 2.45) is 12.0 Å². The van der Waals surface area contributed by atoms with Crippen LogP contribution in [0.15, 0.2) is 40.1 Å². The number of para-hydroxylation sites is 1. The Morgan fingerprint density at radius 2 is 2.14 bits per heavy atom. The first-order valence-electron chi connectivity index (χ1n) is 6.99. The topological polar surface area (TPSA) is 51.3 Å². The van der Waals surface area contributed by atoms with Crippen molar-refractivity contribution >= 4 is 38.5 Å². The minimum Gasteiger partial charge on any atom is -0.329 e. The molecule has 5 nitrogen and oxygen atoms in total. The van der Waals surface area contributed by atoms with Crippen molar-refractivity contribution in [2.75, 3.05) is 16.4 Å². The van der Waals surface area contributed by atoms with Crippen LogP contribution < -0.4 is 10.9 Å². The lowest BCUT2D eigenvalue weighted by Crippen LogP contribution is -2.21. The highest BCUT2D eigenvalue weighted by Gasteiger charge is 2.21. The molecule has 1 atom stereocenters. The Morgan fingerprint density at radius 3 is 2.77 bits per heavy atom. The van der Waals surface area contributed by atoms with Gasteiger partial charge in [0.1, 0.15) is 5.69 Å². The molecule has 1 aliphatic heterocycles. The minimum atomic E-state index is -0.0585. The van der Waals surface area contributed by atoms with E-state index in [4.69, 9.17) is 0 Å². The quantitative estimate of drug-likeness (QED) is 0.832. The van der Waals surface area contributed by atoms with Crippen LogP contribution in [0.4, 0.5) is 5.69 Å². The van der Waals surface area contributed by atoms with Gasteiger partial charge in [-0.25, -0.2) is 4.68 Å². The van der Waals surface area contributed by atoms with Crippen molar-refractivity contribution in [3.63, 3.8) is 0 Å². The molecule has 2 aromatic rings. The fraction of sp³-hybridized carbons (Fsp3) is 0.333. The van der Waals surface area contributed by atoms with Crippen LogP contribution in [0.2, 0.25) is 0 Å². The first kappa shape index (κ1) is 15.4. The van der Waals surface area contributed by atoms with Crippen LogP contribution in [0.25, 0.3) is 5.69 Å². The highest BCUT2D eigenvalue weighted by atomic mass is 79.9. The van der Waals surface area contributed by atoms with Gasteiger partial charge in [0.25, 0.3) is 5.56 Å². The molecule has 3 rings (SSSR count). The van der Waals surface area contributed by atoms with E-state index in [1.165, 1.54) is 0 Å². The number of aliphatic imine (C=N–C) groups is 1. The van der Waals surface area contributed by atoms with E-state index < -0.39 is 0 Å². The summed E-state index contributed by atoms with van der Waals surface area (Å²) in [4.78, 5) is 17.3. The number of thioether (sulfide) groups is 1. The van der Waals surface area contributed by atoms with Crippen LogP contribution in [-0.4, -0.2) is 31.7 Å². The molecule has 22 heavy (non-hydrogen) atoms. The number of anilines is 1. The Kier molecular flexibility index (Phi) is 4.44. The Balaban J connectivity index is 1.99. The highest BCUT2D eigenvalue weighted by molar-refractivity contribution is 9.09. The number of hydrogen-bond acceptors (Lipinski definition) is 4. The van der Waals surface area contributed by atoms with Crippen molar-refractivity contribution in [2.45, 2.75) is 13.0 Å². The van der Waals surface area contributed by atoms with Gasteiger partial charge in [-0.1, -0.05) is 45.9 Å². The first-order valence-corrected chi connectivity index (χ1v) is 9.10. The van der Waals surface area contributed by atoms with Crippen molar-refractivity contribution in [1.29, 1.82) is 0 Å². The molecule has 0 aliphatic carbocycles. The van der Waals surface area contributed by atoms with Gasteiger partial charge in [0.05, 0.1) is 17.4 Å². The van der Waals surface area contributed by atoms with E-state index in [0.29, 0.717) is 5.69 Å². The second-order valence-corrected chi connectivity index (χ2v) is 6.77. The third-order valence-corrected chi connectivity index (χ3v) is 5.46. The third kappa shape index (κ3) is 2.75. The van der Waals surface area contributed by atoms with E-state index in [1.54, 1.807) is 16.4 Å². The van der Waals surface area contributed by atoms with Crippen molar-refractivity contribution in [3.8, 4) is 5.69 Å². The van der Waals surface area contributed by atoms with E-state index >= 15 is 0 Å². The van der Waals surface area contributed by atoms with Gasteiger partial charge in [0.15, 0.2) is 5.17 Å². The van der Waals surface area contributed by atoms with Crippen LogP contribution in [0.1, 0.15) is 5.69 Å². The van der Waals surface area contributed by atoms with Gasteiger partial charge in [-0.05, 0) is 19.1 Å². The Morgan fingerprint density at radius 1 is 1.41 bits per heavy atom. The number of amidine groups is 1. The maximum Gasteiger partial charge on any atom is 0.295 e. The summed E-state index contributed by atoms with van der Waals surface area (Å²) in [5.74, 6) is 0.937. The standard InChI is InChI=1S/C15H17BrN4OS/c1-10-13(18-15-17-11(8-16)9-22-15)14(21)20(19(10)2)12-6-4-3-5-7-12/h3-7,11H,8-9H2,1-2H3,(H,17,18). The molecule has 2 heterocycles. The van der Waals surface area contributed by atoms with Gasteiger partial charge >= 0.3 is 0 Å². The van der Waals surface area contributed by atoms with Gasteiger partial charge < -0.3 is 5.32 Å². The Hall–Kier alpha value is -1.47. The molecular weight excluding hydrogens is 364 g/mol. The molecule has 0 fully saturated rings. The van der Waals surface area contributed by atoms with E-state index in [-0.39, 0.29) is 11.6 Å². The maximum atomic E-state index is 12.8. The molecule has 0 radical (unpaired) electrons. The number of hydrogen-bond donors (Lipinski definition) is 1. The van der Waals surface area contributed by atoms with E-state index in [9.17, 15) is 4.79 Å². The summed E-state index contributed by atoms with van der Waals surface area (Å²) in [6, 6.07) is 9.91. The molecule has 7 heteroatoms. The van der Waals surface area contributed by atoms with Crippen LogP contribution in [0, 0.1) is 6.92 Å². The third-order valence-electron chi connectivity index (χ3n) is 3.68. The number of benzene rings is 1. The predicted molar refractivity (Wildman–Crippen MR) is 96.8 cm³/mol. The molecule has 116 valence electrons. The number of aromatic nitrogens is 2. The average Bonchev–Trinajstić information content (AvgIpc) is 3.07. The summed E-state index contributed by atoms with van der Waals surface area (Å²) < 4.78 is 3.53. The average molecular weight is 381 g/mol. The zero-order valence-electron chi connectivity index (χ0n) is 12.4. The van der Waals surface area contributed by atoms with Crippen LogP contribution >= 0.6 is 27.7 Å². The summed E-state index contributed by atoms with van der Waals surface area (Å²) in [6.07, 6.45) is 0. The Bertz CT molecular complexity index is 766. The SMILES string of the molecule is Cc1c(NC2=NC(CBr)CS2)c(=O)n(-c2ccccc2)n1C. The molecule has 0 spiro atoms. The molecule has 0 bridgehead atoms. The summed E-state index contributed by atoms with van der Waals surface area (Å²) in [6.45, 7) is 1.94. The van der Waals surface area contributed by atoms with Gasteiger partial charge in [-0.3, -0.25) is 14.5 Å². The zero-order chi connectivity index (χ0) is 15.7. The predicted octanol–water partition coefficient (Wildman–Crippen LogP) is 2.76. The van der Waals surface area contributed by atoms with Gasteiger partial charge in [0.2, 0.25) is 0 Å². The molecule has 0 saturated carbocycles. The summed E-state index contributed by atoms with van der Waals surface area (Å²) in [5.41, 5.74) is 2.27. The maximum absolute atomic E-state index is 12.8. The summed E-state index contributed by atoms with van der Waals surface area (Å²) >= 11 is 5.10. The smallest absolute Gasteiger partial charge is 0.295 e. The van der Waals surface area contributed by atoms with Crippen molar-refractivity contribution < 1.29 is 0 Å². The monoisotopic (exact) mass is 380 g/mol. The molecule has 1 aromatic heterocycles. The zero-order valence-corrected chi connectivity index (χ0v) is 14.8. The number of alkyl halides is 1. The molecule has 0 saturated heterocycles. The normalized spacial score (nSPS) is 17.6. The molecule has 1 aliphatic rings. The summed E-state index contributed by atoms with van der Waals surface area (Å²) in [7, 11) is 1.89. The van der Waals surface area contributed by atoms with Crippen LogP contribution in [0.3, 0.4) is 0 Å². The number of nitrogens with one attached hydrogen (secondary N) is 1. The summed E-state index contributed by atoms with van der Waals surface area (Å²) in [5, 5.41) is 4.87. The number of rotatable bonds is 3. The largest absolute Gasteiger partial charge is 0.329 e. The second kappa shape index (κ2) is 6.34. The number of nitrogens with zero attached hydrogens (tertiary/aromatic N) is 3. The lowest BCUT2D eigenvalue weighted by atomic mass is 10.3. The molecule has 0 amide bonds. The van der Waals surface area contributed by atoms with Gasteiger partial charge in [0, 0.05) is 18.1 Å². The van der Waals surface area contributed by atoms with Crippen LogP contribution in [0.5, 0.6) is 0 Å². The molecular formula is C15H17BrN4OS. The fourth-order valence-electron chi connectivity index (χ4n) is 2.38. The lowest BCUT2D eigenvalue weighted by Gasteiger charge is -2.07. The molecule has 1 unspecified atom stereocenters. The van der Waals surface area contributed by atoms with Gasteiger partial charge in [-0.15, -0.1) is 0 Å².